The molecule has 0 saturated carbocycles. The molecule has 8 heteroatoms. The molecular weight excluding hydrogens is 306 g/mol. The van der Waals surface area contributed by atoms with Crippen LogP contribution in [0, 0.1) is 6.92 Å². The Kier molecular flexibility index (Phi) is 3.56. The summed E-state index contributed by atoms with van der Waals surface area (Å²) < 4.78 is 3.73. The largest absolute Gasteiger partial charge is 0.345 e. The summed E-state index contributed by atoms with van der Waals surface area (Å²) in [5.41, 5.74) is 1.28. The number of amides is 1. The van der Waals surface area contributed by atoms with Crippen molar-refractivity contribution in [3.63, 3.8) is 0 Å². The van der Waals surface area contributed by atoms with Gasteiger partial charge >= 0.3 is 0 Å². The number of hydrogen-bond acceptors (Lipinski definition) is 5. The summed E-state index contributed by atoms with van der Waals surface area (Å²) in [5.74, 6) is 2.30. The predicted molar refractivity (Wildman–Crippen MR) is 85.6 cm³/mol. The second-order valence-electron chi connectivity index (χ2n) is 5.71. The molecule has 0 fully saturated rings. The number of hydrogen-bond donors (Lipinski definition) is 1. The van der Waals surface area contributed by atoms with Crippen LogP contribution in [0.2, 0.25) is 0 Å². The van der Waals surface area contributed by atoms with E-state index in [1.807, 2.05) is 25.1 Å². The molecule has 8 nitrogen and oxygen atoms in total. The first-order chi connectivity index (χ1) is 11.7. The molecule has 3 aromatic rings. The number of aromatic nitrogens is 6. The van der Waals surface area contributed by atoms with Crippen molar-refractivity contribution < 1.29 is 4.79 Å². The van der Waals surface area contributed by atoms with Crippen molar-refractivity contribution >= 4 is 5.91 Å². The van der Waals surface area contributed by atoms with E-state index < -0.39 is 0 Å². The average molecular weight is 323 g/mol. The Morgan fingerprint density at radius 1 is 1.33 bits per heavy atom. The van der Waals surface area contributed by atoms with Crippen molar-refractivity contribution in [2.24, 2.45) is 0 Å². The molecule has 24 heavy (non-hydrogen) atoms. The summed E-state index contributed by atoms with van der Waals surface area (Å²) in [7, 11) is 0. The lowest BCUT2D eigenvalue weighted by atomic mass is 10.2. The van der Waals surface area contributed by atoms with Crippen LogP contribution in [0.15, 0.2) is 30.6 Å². The Morgan fingerprint density at radius 2 is 2.25 bits per heavy atom. The van der Waals surface area contributed by atoms with Gasteiger partial charge in [-0.25, -0.2) is 9.67 Å². The highest BCUT2D eigenvalue weighted by Crippen LogP contribution is 2.15. The molecule has 1 N–H and O–H groups in total. The molecule has 1 aliphatic rings. The van der Waals surface area contributed by atoms with E-state index in [-0.39, 0.29) is 5.91 Å². The van der Waals surface area contributed by atoms with Gasteiger partial charge in [0, 0.05) is 19.2 Å². The number of nitrogens with one attached hydrogen (secondary N) is 1. The summed E-state index contributed by atoms with van der Waals surface area (Å²) in [5, 5.41) is 15.5. The minimum atomic E-state index is -0.176. The van der Waals surface area contributed by atoms with Crippen molar-refractivity contribution in [1.29, 1.82) is 0 Å². The minimum Gasteiger partial charge on any atom is -0.345 e. The van der Waals surface area contributed by atoms with Gasteiger partial charge < -0.3 is 9.88 Å². The summed E-state index contributed by atoms with van der Waals surface area (Å²) in [6.07, 6.45) is 5.30. The molecule has 3 aromatic heterocycles. The lowest BCUT2D eigenvalue weighted by Crippen LogP contribution is -2.25. The fourth-order valence-corrected chi connectivity index (χ4v) is 2.94. The zero-order valence-corrected chi connectivity index (χ0v) is 13.3. The Labute approximate surface area is 138 Å². The molecule has 0 atom stereocenters. The number of carbonyl (C=O) groups is 1. The van der Waals surface area contributed by atoms with Crippen LogP contribution in [0.3, 0.4) is 0 Å². The summed E-state index contributed by atoms with van der Waals surface area (Å²) in [6.45, 7) is 3.13. The van der Waals surface area contributed by atoms with Gasteiger partial charge in [0.25, 0.3) is 5.91 Å². The van der Waals surface area contributed by atoms with E-state index in [0.29, 0.717) is 17.9 Å². The quantitative estimate of drug-likeness (QED) is 0.775. The Bertz CT molecular complexity index is 881. The Hall–Kier alpha value is -3.03. The topological polar surface area (TPSA) is 90.5 Å². The molecule has 0 spiro atoms. The van der Waals surface area contributed by atoms with Crippen LogP contribution in [0.5, 0.6) is 0 Å². The predicted octanol–water partition coefficient (Wildman–Crippen LogP) is 1.04. The van der Waals surface area contributed by atoms with Crippen molar-refractivity contribution in [3.05, 3.63) is 53.5 Å². The molecule has 4 heterocycles. The monoisotopic (exact) mass is 323 g/mol. The first-order valence-corrected chi connectivity index (χ1v) is 7.89. The van der Waals surface area contributed by atoms with E-state index in [1.54, 1.807) is 17.1 Å². The van der Waals surface area contributed by atoms with E-state index in [2.05, 4.69) is 30.2 Å². The molecule has 0 aliphatic carbocycles. The van der Waals surface area contributed by atoms with Crippen molar-refractivity contribution in [3.8, 4) is 5.82 Å². The summed E-state index contributed by atoms with van der Waals surface area (Å²) >= 11 is 0. The molecular formula is C16H17N7O. The van der Waals surface area contributed by atoms with E-state index in [4.69, 9.17) is 0 Å². The lowest BCUT2D eigenvalue weighted by Gasteiger charge is -2.06. The highest BCUT2D eigenvalue weighted by atomic mass is 16.1. The van der Waals surface area contributed by atoms with Gasteiger partial charge in [-0.2, -0.15) is 5.10 Å². The van der Waals surface area contributed by atoms with Gasteiger partial charge in [-0.05, 0) is 25.5 Å². The zero-order chi connectivity index (χ0) is 16.5. The second kappa shape index (κ2) is 5.88. The molecule has 1 aliphatic heterocycles. The summed E-state index contributed by atoms with van der Waals surface area (Å²) in [6, 6.07) is 5.57. The van der Waals surface area contributed by atoms with Gasteiger partial charge in [0.15, 0.2) is 11.6 Å². The SMILES string of the molecule is Cc1c(C(=O)NCc2nnc3n2CCC3)cnn1-c1ccccn1. The Morgan fingerprint density at radius 3 is 3.08 bits per heavy atom. The number of fused-ring (bicyclic) bond motifs is 1. The van der Waals surface area contributed by atoms with Gasteiger partial charge in [0.2, 0.25) is 0 Å². The standard InChI is InChI=1S/C16H17N7O/c1-11-12(9-19-23(11)13-5-2-3-7-17-13)16(24)18-10-15-21-20-14-6-4-8-22(14)15/h2-3,5,7,9H,4,6,8,10H2,1H3,(H,18,24). The Balaban J connectivity index is 1.50. The molecule has 0 radical (unpaired) electrons. The van der Waals surface area contributed by atoms with Crippen LogP contribution in [-0.4, -0.2) is 35.4 Å². The van der Waals surface area contributed by atoms with Gasteiger partial charge in [-0.15, -0.1) is 10.2 Å². The zero-order valence-electron chi connectivity index (χ0n) is 13.3. The second-order valence-corrected chi connectivity index (χ2v) is 5.71. The molecule has 122 valence electrons. The van der Waals surface area contributed by atoms with Crippen LogP contribution in [0.4, 0.5) is 0 Å². The number of nitrogens with zero attached hydrogens (tertiary/aromatic N) is 6. The maximum absolute atomic E-state index is 12.5. The van der Waals surface area contributed by atoms with Gasteiger partial charge in [0.05, 0.1) is 24.0 Å². The number of rotatable bonds is 4. The van der Waals surface area contributed by atoms with Gasteiger partial charge in [-0.3, -0.25) is 4.79 Å². The fourth-order valence-electron chi connectivity index (χ4n) is 2.94. The first kappa shape index (κ1) is 14.6. The minimum absolute atomic E-state index is 0.176. The highest BCUT2D eigenvalue weighted by molar-refractivity contribution is 5.95. The van der Waals surface area contributed by atoms with E-state index in [0.717, 1.165) is 36.7 Å². The van der Waals surface area contributed by atoms with Crippen LogP contribution in [0.1, 0.15) is 34.1 Å². The normalized spacial score (nSPS) is 13.0. The lowest BCUT2D eigenvalue weighted by molar-refractivity contribution is 0.0949. The molecule has 0 saturated heterocycles. The van der Waals surface area contributed by atoms with Gasteiger partial charge in [0.1, 0.15) is 5.82 Å². The third-order valence-corrected chi connectivity index (χ3v) is 4.21. The van der Waals surface area contributed by atoms with Crippen molar-refractivity contribution in [2.45, 2.75) is 32.9 Å². The third-order valence-electron chi connectivity index (χ3n) is 4.21. The maximum Gasteiger partial charge on any atom is 0.255 e. The molecule has 4 rings (SSSR count). The molecule has 0 aromatic carbocycles. The molecule has 1 amide bonds. The molecule has 0 unspecified atom stereocenters. The van der Waals surface area contributed by atoms with E-state index >= 15 is 0 Å². The van der Waals surface area contributed by atoms with Crippen LogP contribution < -0.4 is 5.32 Å². The smallest absolute Gasteiger partial charge is 0.255 e. The number of aryl methyl sites for hydroxylation is 1. The fraction of sp³-hybridized carbons (Fsp3) is 0.312. The first-order valence-electron chi connectivity index (χ1n) is 7.89. The van der Waals surface area contributed by atoms with E-state index in [9.17, 15) is 4.79 Å². The summed E-state index contributed by atoms with van der Waals surface area (Å²) in [4.78, 5) is 16.7. The third kappa shape index (κ3) is 2.45. The van der Waals surface area contributed by atoms with Crippen LogP contribution in [0.25, 0.3) is 5.82 Å². The van der Waals surface area contributed by atoms with Crippen LogP contribution in [-0.2, 0) is 19.5 Å². The van der Waals surface area contributed by atoms with E-state index in [1.165, 1.54) is 0 Å². The number of carbonyl (C=O) groups excluding carboxylic acids is 1. The van der Waals surface area contributed by atoms with Gasteiger partial charge in [-0.1, -0.05) is 6.07 Å². The average Bonchev–Trinajstić information content (AvgIpc) is 3.29. The maximum atomic E-state index is 12.5. The van der Waals surface area contributed by atoms with Crippen molar-refractivity contribution in [2.75, 3.05) is 0 Å². The van der Waals surface area contributed by atoms with Crippen molar-refractivity contribution in [1.82, 2.24) is 34.8 Å². The van der Waals surface area contributed by atoms with Crippen LogP contribution >= 0.6 is 0 Å². The number of pyridine rings is 1. The molecule has 0 bridgehead atoms. The highest BCUT2D eigenvalue weighted by Gasteiger charge is 2.19.